The predicted octanol–water partition coefficient (Wildman–Crippen LogP) is 1.83. The van der Waals surface area contributed by atoms with Gasteiger partial charge in [0.05, 0.1) is 28.3 Å². The lowest BCUT2D eigenvalue weighted by molar-refractivity contribution is -0.117. The molecule has 0 bridgehead atoms. The van der Waals surface area contributed by atoms with Crippen LogP contribution in [0.25, 0.3) is 27.9 Å². The molecule has 0 aliphatic rings. The molecular formula is C22H18N6O3. The van der Waals surface area contributed by atoms with Crippen LogP contribution in [0.5, 0.6) is 0 Å². The molecule has 2 N–H and O–H groups in total. The SMILES string of the molecule is CCn1nc(C(=O)NNC(=O)/C=C/c2cnc3ccccc3n2)c2ccccc2c1=O. The number of benzene rings is 2. The largest absolute Gasteiger partial charge is 0.290 e. The average Bonchev–Trinajstić information content (AvgIpc) is 2.81. The topological polar surface area (TPSA) is 119 Å². The Morgan fingerprint density at radius 3 is 2.48 bits per heavy atom. The minimum Gasteiger partial charge on any atom is -0.268 e. The van der Waals surface area contributed by atoms with Gasteiger partial charge in [-0.15, -0.1) is 0 Å². The van der Waals surface area contributed by atoms with E-state index in [-0.39, 0.29) is 11.3 Å². The summed E-state index contributed by atoms with van der Waals surface area (Å²) >= 11 is 0. The van der Waals surface area contributed by atoms with Gasteiger partial charge < -0.3 is 0 Å². The molecule has 2 aromatic heterocycles. The lowest BCUT2D eigenvalue weighted by Gasteiger charge is -2.10. The van der Waals surface area contributed by atoms with E-state index in [0.717, 1.165) is 5.52 Å². The lowest BCUT2D eigenvalue weighted by Crippen LogP contribution is -2.42. The van der Waals surface area contributed by atoms with Crippen molar-refractivity contribution in [1.29, 1.82) is 0 Å². The van der Waals surface area contributed by atoms with Gasteiger partial charge in [-0.05, 0) is 31.2 Å². The Kier molecular flexibility index (Phi) is 5.48. The molecule has 0 aliphatic heterocycles. The Hall–Kier alpha value is -4.40. The van der Waals surface area contributed by atoms with Crippen LogP contribution in [-0.2, 0) is 11.3 Å². The zero-order chi connectivity index (χ0) is 21.8. The van der Waals surface area contributed by atoms with Crippen molar-refractivity contribution in [1.82, 2.24) is 30.6 Å². The minimum atomic E-state index is -0.634. The van der Waals surface area contributed by atoms with Gasteiger partial charge in [-0.1, -0.05) is 30.3 Å². The van der Waals surface area contributed by atoms with Crippen LogP contribution in [-0.4, -0.2) is 31.6 Å². The van der Waals surface area contributed by atoms with Crippen molar-refractivity contribution in [3.63, 3.8) is 0 Å². The molecule has 0 saturated carbocycles. The third-order valence-corrected chi connectivity index (χ3v) is 4.55. The standard InChI is InChI=1S/C22H18N6O3/c1-2-28-22(31)16-8-4-3-7-15(16)20(27-28)21(30)26-25-19(29)12-11-14-13-23-17-9-5-6-10-18(17)24-14/h3-13H,2H2,1H3,(H,25,29)(H,26,30)/b12-11+. The molecule has 2 aromatic carbocycles. The summed E-state index contributed by atoms with van der Waals surface area (Å²) in [5.41, 5.74) is 6.36. The Morgan fingerprint density at radius 2 is 1.71 bits per heavy atom. The summed E-state index contributed by atoms with van der Waals surface area (Å²) in [4.78, 5) is 45.8. The summed E-state index contributed by atoms with van der Waals surface area (Å²) in [7, 11) is 0. The van der Waals surface area contributed by atoms with Crippen molar-refractivity contribution in [2.75, 3.05) is 0 Å². The highest BCUT2D eigenvalue weighted by Gasteiger charge is 2.16. The summed E-state index contributed by atoms with van der Waals surface area (Å²) < 4.78 is 1.21. The summed E-state index contributed by atoms with van der Waals surface area (Å²) in [5.74, 6) is -1.19. The monoisotopic (exact) mass is 414 g/mol. The smallest absolute Gasteiger partial charge is 0.268 e. The van der Waals surface area contributed by atoms with Crippen molar-refractivity contribution >= 4 is 39.7 Å². The summed E-state index contributed by atoms with van der Waals surface area (Å²) in [5, 5.41) is 4.91. The molecule has 0 saturated heterocycles. The molecule has 9 nitrogen and oxygen atoms in total. The van der Waals surface area contributed by atoms with E-state index in [2.05, 4.69) is 25.9 Å². The van der Waals surface area contributed by atoms with Crippen LogP contribution in [0.4, 0.5) is 0 Å². The van der Waals surface area contributed by atoms with E-state index in [1.54, 1.807) is 37.4 Å². The van der Waals surface area contributed by atoms with Crippen LogP contribution < -0.4 is 16.4 Å². The highest BCUT2D eigenvalue weighted by molar-refractivity contribution is 6.05. The van der Waals surface area contributed by atoms with Gasteiger partial charge in [-0.25, -0.2) is 9.67 Å². The quantitative estimate of drug-likeness (QED) is 0.388. The van der Waals surface area contributed by atoms with Crippen molar-refractivity contribution < 1.29 is 9.59 Å². The first kappa shape index (κ1) is 19.9. The Balaban J connectivity index is 1.48. The first-order valence-electron chi connectivity index (χ1n) is 9.57. The van der Waals surface area contributed by atoms with E-state index >= 15 is 0 Å². The number of fused-ring (bicyclic) bond motifs is 2. The first-order valence-corrected chi connectivity index (χ1v) is 9.57. The predicted molar refractivity (Wildman–Crippen MR) is 116 cm³/mol. The lowest BCUT2D eigenvalue weighted by atomic mass is 10.1. The maximum atomic E-state index is 12.6. The fourth-order valence-corrected chi connectivity index (χ4v) is 3.05. The van der Waals surface area contributed by atoms with Gasteiger partial charge in [0.2, 0.25) is 0 Å². The average molecular weight is 414 g/mol. The van der Waals surface area contributed by atoms with Gasteiger partial charge in [-0.3, -0.25) is 30.2 Å². The molecular weight excluding hydrogens is 396 g/mol. The number of hydrazine groups is 1. The molecule has 31 heavy (non-hydrogen) atoms. The number of hydrogen-bond acceptors (Lipinski definition) is 6. The molecule has 0 unspecified atom stereocenters. The molecule has 2 amide bonds. The number of rotatable bonds is 4. The fourth-order valence-electron chi connectivity index (χ4n) is 3.05. The van der Waals surface area contributed by atoms with Gasteiger partial charge >= 0.3 is 0 Å². The van der Waals surface area contributed by atoms with Crippen molar-refractivity contribution in [2.24, 2.45) is 0 Å². The Labute approximate surface area is 176 Å². The molecule has 0 fully saturated rings. The third-order valence-electron chi connectivity index (χ3n) is 4.55. The number of carbonyl (C=O) groups excluding carboxylic acids is 2. The van der Waals surface area contributed by atoms with Crippen LogP contribution in [0, 0.1) is 0 Å². The first-order chi connectivity index (χ1) is 15.1. The van der Waals surface area contributed by atoms with Crippen molar-refractivity contribution in [3.05, 3.63) is 82.5 Å². The van der Waals surface area contributed by atoms with Crippen LogP contribution in [0.1, 0.15) is 23.1 Å². The van der Waals surface area contributed by atoms with Gasteiger partial charge in [0, 0.05) is 18.0 Å². The highest BCUT2D eigenvalue weighted by atomic mass is 16.2. The number of hydrogen-bond donors (Lipinski definition) is 2. The van der Waals surface area contributed by atoms with E-state index in [1.165, 1.54) is 16.8 Å². The minimum absolute atomic E-state index is 0.0433. The highest BCUT2D eigenvalue weighted by Crippen LogP contribution is 2.13. The zero-order valence-corrected chi connectivity index (χ0v) is 16.6. The van der Waals surface area contributed by atoms with Gasteiger partial charge in [0.15, 0.2) is 5.69 Å². The van der Waals surface area contributed by atoms with Crippen LogP contribution in [0.3, 0.4) is 0 Å². The number of para-hydroxylation sites is 2. The van der Waals surface area contributed by atoms with Crippen LogP contribution >= 0.6 is 0 Å². The molecule has 9 heteroatoms. The van der Waals surface area contributed by atoms with E-state index in [9.17, 15) is 14.4 Å². The van der Waals surface area contributed by atoms with E-state index in [4.69, 9.17) is 0 Å². The maximum Gasteiger partial charge on any atom is 0.290 e. The van der Waals surface area contributed by atoms with Crippen LogP contribution in [0.15, 0.2) is 65.6 Å². The number of aryl methyl sites for hydroxylation is 1. The fraction of sp³-hybridized carbons (Fsp3) is 0.0909. The second-order valence-corrected chi connectivity index (χ2v) is 6.58. The van der Waals surface area contributed by atoms with Gasteiger partial charge in [0.1, 0.15) is 0 Å². The normalized spacial score (nSPS) is 11.1. The molecule has 0 radical (unpaired) electrons. The second-order valence-electron chi connectivity index (χ2n) is 6.58. The molecule has 0 aliphatic carbocycles. The third kappa shape index (κ3) is 4.15. The number of carbonyl (C=O) groups is 2. The molecule has 4 rings (SSSR count). The number of nitrogens with one attached hydrogen (secondary N) is 2. The number of amides is 2. The maximum absolute atomic E-state index is 12.6. The van der Waals surface area contributed by atoms with E-state index < -0.39 is 11.8 Å². The molecule has 4 aromatic rings. The van der Waals surface area contributed by atoms with E-state index in [1.807, 2.05) is 24.3 Å². The van der Waals surface area contributed by atoms with Crippen LogP contribution in [0.2, 0.25) is 0 Å². The summed E-state index contributed by atoms with van der Waals surface area (Å²) in [6, 6.07) is 14.1. The second kappa shape index (κ2) is 8.54. The Bertz CT molecular complexity index is 1390. The number of aromatic nitrogens is 4. The molecule has 0 atom stereocenters. The van der Waals surface area contributed by atoms with Crippen molar-refractivity contribution in [2.45, 2.75) is 13.5 Å². The van der Waals surface area contributed by atoms with E-state index in [0.29, 0.717) is 28.5 Å². The molecule has 154 valence electrons. The van der Waals surface area contributed by atoms with Crippen molar-refractivity contribution in [3.8, 4) is 0 Å². The van der Waals surface area contributed by atoms with Gasteiger partial charge in [0.25, 0.3) is 17.4 Å². The molecule has 2 heterocycles. The molecule has 0 spiro atoms. The summed E-state index contributed by atoms with van der Waals surface area (Å²) in [6.45, 7) is 2.07. The Morgan fingerprint density at radius 1 is 1.00 bits per heavy atom. The number of nitrogens with zero attached hydrogens (tertiary/aromatic N) is 4. The van der Waals surface area contributed by atoms with Gasteiger partial charge in [-0.2, -0.15) is 5.10 Å². The zero-order valence-electron chi connectivity index (χ0n) is 16.6. The summed E-state index contributed by atoms with van der Waals surface area (Å²) in [6.07, 6.45) is 4.28.